The van der Waals surface area contributed by atoms with Crippen LogP contribution in [0.15, 0.2) is 78.9 Å². The van der Waals surface area contributed by atoms with Gasteiger partial charge in [0.15, 0.2) is 0 Å². The van der Waals surface area contributed by atoms with Gasteiger partial charge in [-0.3, -0.25) is 9.59 Å². The van der Waals surface area contributed by atoms with E-state index >= 15 is 0 Å². The smallest absolute Gasteiger partial charge is 0.251 e. The van der Waals surface area contributed by atoms with Crippen molar-refractivity contribution in [3.05, 3.63) is 101 Å². The van der Waals surface area contributed by atoms with Gasteiger partial charge in [-0.2, -0.15) is 0 Å². The third kappa shape index (κ3) is 5.51. The fourth-order valence-corrected chi connectivity index (χ4v) is 3.86. The summed E-state index contributed by atoms with van der Waals surface area (Å²) in [5, 5.41) is 5.70. The zero-order valence-corrected chi connectivity index (χ0v) is 17.5. The minimum Gasteiger partial charge on any atom is -0.367 e. The second-order valence-electron chi connectivity index (χ2n) is 7.76. The Bertz CT molecular complexity index is 1030. The van der Waals surface area contributed by atoms with Crippen molar-refractivity contribution in [2.45, 2.75) is 19.4 Å². The first-order valence-electron chi connectivity index (χ1n) is 10.7. The van der Waals surface area contributed by atoms with Crippen molar-refractivity contribution in [2.24, 2.45) is 0 Å². The predicted molar refractivity (Wildman–Crippen MR) is 123 cm³/mol. The maximum atomic E-state index is 12.4. The molecule has 3 aromatic carbocycles. The lowest BCUT2D eigenvalue weighted by molar-refractivity contribution is -0.120. The SMILES string of the molecule is O=C(Cc1ccccc1)NCCNC(=O)c1ccc(N2CCc3ccccc3C2)cc1. The zero-order chi connectivity index (χ0) is 21.5. The fraction of sp³-hybridized carbons (Fsp3) is 0.231. The van der Waals surface area contributed by atoms with E-state index in [1.54, 1.807) is 0 Å². The van der Waals surface area contributed by atoms with Crippen molar-refractivity contribution in [2.75, 3.05) is 24.5 Å². The molecular formula is C26H27N3O2. The summed E-state index contributed by atoms with van der Waals surface area (Å²) in [6, 6.07) is 25.9. The average molecular weight is 414 g/mol. The maximum Gasteiger partial charge on any atom is 0.251 e. The average Bonchev–Trinajstić information content (AvgIpc) is 2.82. The van der Waals surface area contributed by atoms with Crippen LogP contribution in [0.4, 0.5) is 5.69 Å². The van der Waals surface area contributed by atoms with E-state index in [0.29, 0.717) is 25.1 Å². The van der Waals surface area contributed by atoms with Crippen LogP contribution in [0.1, 0.15) is 27.0 Å². The van der Waals surface area contributed by atoms with Crippen LogP contribution in [0.25, 0.3) is 0 Å². The van der Waals surface area contributed by atoms with Gasteiger partial charge in [0.25, 0.3) is 5.91 Å². The molecule has 1 aliphatic heterocycles. The highest BCUT2D eigenvalue weighted by atomic mass is 16.2. The zero-order valence-electron chi connectivity index (χ0n) is 17.5. The number of rotatable bonds is 7. The standard InChI is InChI=1S/C26H27N3O2/c30-25(18-20-6-2-1-3-7-20)27-15-16-28-26(31)22-10-12-24(13-11-22)29-17-14-21-8-4-5-9-23(21)19-29/h1-13H,14-19H2,(H,27,30)(H,28,31). The molecule has 0 spiro atoms. The molecule has 0 unspecified atom stereocenters. The molecule has 4 rings (SSSR count). The quantitative estimate of drug-likeness (QED) is 0.584. The summed E-state index contributed by atoms with van der Waals surface area (Å²) in [4.78, 5) is 26.7. The number of hydrogen-bond acceptors (Lipinski definition) is 3. The van der Waals surface area contributed by atoms with Crippen molar-refractivity contribution in [3.8, 4) is 0 Å². The van der Waals surface area contributed by atoms with Crippen LogP contribution in [0.5, 0.6) is 0 Å². The first-order valence-corrected chi connectivity index (χ1v) is 10.7. The minimum absolute atomic E-state index is 0.0482. The summed E-state index contributed by atoms with van der Waals surface area (Å²) in [6.45, 7) is 2.67. The lowest BCUT2D eigenvalue weighted by atomic mass is 9.99. The van der Waals surface area contributed by atoms with Crippen LogP contribution in [0.2, 0.25) is 0 Å². The Morgan fingerprint density at radius 1 is 0.774 bits per heavy atom. The Hall–Kier alpha value is -3.60. The number of fused-ring (bicyclic) bond motifs is 1. The summed E-state index contributed by atoms with van der Waals surface area (Å²) >= 11 is 0. The maximum absolute atomic E-state index is 12.4. The van der Waals surface area contributed by atoms with Crippen LogP contribution >= 0.6 is 0 Å². The Labute approximate surface area is 183 Å². The molecule has 5 heteroatoms. The molecule has 2 N–H and O–H groups in total. The third-order valence-corrected chi connectivity index (χ3v) is 5.57. The van der Waals surface area contributed by atoms with Gasteiger partial charge in [-0.25, -0.2) is 0 Å². The molecule has 5 nitrogen and oxygen atoms in total. The highest BCUT2D eigenvalue weighted by molar-refractivity contribution is 5.94. The summed E-state index contributed by atoms with van der Waals surface area (Å²) in [5.41, 5.74) is 5.51. The molecule has 2 amide bonds. The lowest BCUT2D eigenvalue weighted by Gasteiger charge is -2.30. The minimum atomic E-state index is -0.132. The normalized spacial score (nSPS) is 12.7. The fourth-order valence-electron chi connectivity index (χ4n) is 3.86. The van der Waals surface area contributed by atoms with Gasteiger partial charge in [0.2, 0.25) is 5.91 Å². The second-order valence-corrected chi connectivity index (χ2v) is 7.76. The molecule has 0 fully saturated rings. The number of carbonyl (C=O) groups is 2. The van der Waals surface area contributed by atoms with Gasteiger partial charge >= 0.3 is 0 Å². The number of benzene rings is 3. The van der Waals surface area contributed by atoms with Crippen LogP contribution in [0.3, 0.4) is 0 Å². The van der Waals surface area contributed by atoms with Gasteiger partial charge in [0.1, 0.15) is 0 Å². The van der Waals surface area contributed by atoms with Gasteiger partial charge in [-0.15, -0.1) is 0 Å². The molecule has 0 atom stereocenters. The van der Waals surface area contributed by atoms with Gasteiger partial charge in [-0.1, -0.05) is 54.6 Å². The first kappa shape index (κ1) is 20.7. The van der Waals surface area contributed by atoms with Crippen LogP contribution < -0.4 is 15.5 Å². The number of nitrogens with zero attached hydrogens (tertiary/aromatic N) is 1. The molecule has 0 aromatic heterocycles. The van der Waals surface area contributed by atoms with E-state index in [4.69, 9.17) is 0 Å². The molecule has 0 bridgehead atoms. The van der Waals surface area contributed by atoms with Crippen molar-refractivity contribution in [1.29, 1.82) is 0 Å². The van der Waals surface area contributed by atoms with Crippen molar-refractivity contribution in [3.63, 3.8) is 0 Å². The van der Waals surface area contributed by atoms with E-state index in [1.807, 2.05) is 54.6 Å². The molecule has 158 valence electrons. The molecule has 1 aliphatic rings. The molecule has 0 saturated heterocycles. The highest BCUT2D eigenvalue weighted by Crippen LogP contribution is 2.24. The van der Waals surface area contributed by atoms with E-state index in [1.165, 1.54) is 11.1 Å². The summed E-state index contributed by atoms with van der Waals surface area (Å²) < 4.78 is 0. The summed E-state index contributed by atoms with van der Waals surface area (Å²) in [6.07, 6.45) is 1.38. The molecule has 0 radical (unpaired) electrons. The third-order valence-electron chi connectivity index (χ3n) is 5.57. The summed E-state index contributed by atoms with van der Waals surface area (Å²) in [5.74, 6) is -0.180. The van der Waals surface area contributed by atoms with E-state index in [0.717, 1.165) is 30.8 Å². The van der Waals surface area contributed by atoms with Crippen molar-refractivity contribution in [1.82, 2.24) is 10.6 Å². The van der Waals surface area contributed by atoms with Gasteiger partial charge in [0.05, 0.1) is 6.42 Å². The molecular weight excluding hydrogens is 386 g/mol. The van der Waals surface area contributed by atoms with Gasteiger partial charge < -0.3 is 15.5 Å². The molecule has 31 heavy (non-hydrogen) atoms. The Morgan fingerprint density at radius 2 is 1.45 bits per heavy atom. The van der Waals surface area contributed by atoms with E-state index < -0.39 is 0 Å². The number of amides is 2. The van der Waals surface area contributed by atoms with E-state index in [2.05, 4.69) is 39.8 Å². The van der Waals surface area contributed by atoms with Crippen LogP contribution in [0, 0.1) is 0 Å². The number of carbonyl (C=O) groups excluding carboxylic acids is 2. The predicted octanol–water partition coefficient (Wildman–Crippen LogP) is 3.34. The molecule has 3 aromatic rings. The van der Waals surface area contributed by atoms with Gasteiger partial charge in [-0.05, 0) is 47.4 Å². The molecule has 1 heterocycles. The number of anilines is 1. The lowest BCUT2D eigenvalue weighted by Crippen LogP contribution is -2.35. The van der Waals surface area contributed by atoms with Crippen molar-refractivity contribution >= 4 is 17.5 Å². The number of hydrogen-bond donors (Lipinski definition) is 2. The second kappa shape index (κ2) is 9.94. The van der Waals surface area contributed by atoms with Crippen LogP contribution in [-0.4, -0.2) is 31.4 Å². The molecule has 0 saturated carbocycles. The van der Waals surface area contributed by atoms with E-state index in [-0.39, 0.29) is 11.8 Å². The Morgan fingerprint density at radius 3 is 2.23 bits per heavy atom. The van der Waals surface area contributed by atoms with Crippen LogP contribution in [-0.2, 0) is 24.2 Å². The summed E-state index contributed by atoms with van der Waals surface area (Å²) in [7, 11) is 0. The Balaban J connectivity index is 1.22. The van der Waals surface area contributed by atoms with Crippen molar-refractivity contribution < 1.29 is 9.59 Å². The monoisotopic (exact) mass is 413 g/mol. The Kier molecular flexibility index (Phi) is 6.62. The largest absolute Gasteiger partial charge is 0.367 e. The first-order chi connectivity index (χ1) is 15.2. The highest BCUT2D eigenvalue weighted by Gasteiger charge is 2.16. The number of nitrogens with one attached hydrogen (secondary N) is 2. The van der Waals surface area contributed by atoms with E-state index in [9.17, 15) is 9.59 Å². The van der Waals surface area contributed by atoms with Gasteiger partial charge in [0, 0.05) is 37.4 Å². The molecule has 0 aliphatic carbocycles. The topological polar surface area (TPSA) is 61.4 Å².